The fourth-order valence-corrected chi connectivity index (χ4v) is 3.01. The van der Waals surface area contributed by atoms with Crippen LogP contribution in [0.15, 0.2) is 0 Å². The lowest BCUT2D eigenvalue weighted by Gasteiger charge is -2.43. The van der Waals surface area contributed by atoms with Crippen molar-refractivity contribution in [3.8, 4) is 0 Å². The van der Waals surface area contributed by atoms with Crippen LogP contribution in [0, 0.1) is 0 Å². The zero-order valence-electron chi connectivity index (χ0n) is 13.7. The van der Waals surface area contributed by atoms with Gasteiger partial charge in [-0.05, 0) is 0 Å². The Morgan fingerprint density at radius 3 is 1.96 bits per heavy atom. The van der Waals surface area contributed by atoms with Crippen LogP contribution in [0.2, 0.25) is 0 Å². The summed E-state index contributed by atoms with van der Waals surface area (Å²) in [5, 5.41) is 1.80. The van der Waals surface area contributed by atoms with E-state index < -0.39 is 53.2 Å². The van der Waals surface area contributed by atoms with Gasteiger partial charge >= 0.3 is 17.9 Å². The zero-order chi connectivity index (χ0) is 18.4. The summed E-state index contributed by atoms with van der Waals surface area (Å²) in [5.74, 6) is -2.17. The van der Waals surface area contributed by atoms with Crippen LogP contribution in [-0.4, -0.2) is 59.8 Å². The third-order valence-corrected chi connectivity index (χ3v) is 3.80. The van der Waals surface area contributed by atoms with Crippen molar-refractivity contribution in [2.45, 2.75) is 57.1 Å². The normalized spacial score (nSPS) is 29.3. The highest BCUT2D eigenvalue weighted by atomic mass is 79.9. The van der Waals surface area contributed by atoms with Crippen molar-refractivity contribution in [3.05, 3.63) is 0 Å². The van der Waals surface area contributed by atoms with Gasteiger partial charge in [0.2, 0.25) is 5.91 Å². The smallest absolute Gasteiger partial charge is 0.303 e. The van der Waals surface area contributed by atoms with Crippen LogP contribution in [-0.2, 0) is 38.1 Å². The number of amides is 1. The lowest BCUT2D eigenvalue weighted by Crippen LogP contribution is -2.65. The van der Waals surface area contributed by atoms with E-state index in [1.165, 1.54) is 27.7 Å². The van der Waals surface area contributed by atoms with Crippen LogP contribution in [0.25, 0.3) is 0 Å². The Morgan fingerprint density at radius 2 is 1.50 bits per heavy atom. The summed E-state index contributed by atoms with van der Waals surface area (Å²) >= 11 is 3.22. The van der Waals surface area contributed by atoms with E-state index in [4.69, 9.17) is 18.9 Å². The van der Waals surface area contributed by atoms with Gasteiger partial charge in [0.15, 0.2) is 17.2 Å². The first-order chi connectivity index (χ1) is 11.1. The molecule has 0 radical (unpaired) electrons. The fourth-order valence-electron chi connectivity index (χ4n) is 2.29. The summed E-state index contributed by atoms with van der Waals surface area (Å²) in [6, 6.07) is -0.881. The Labute approximate surface area is 147 Å². The second kappa shape index (κ2) is 8.97. The van der Waals surface area contributed by atoms with Gasteiger partial charge in [-0.2, -0.15) is 0 Å². The van der Waals surface area contributed by atoms with Gasteiger partial charge in [-0.3, -0.25) is 19.2 Å². The van der Waals surface area contributed by atoms with Gasteiger partial charge in [-0.1, -0.05) is 15.9 Å². The minimum atomic E-state index is -1.01. The Balaban J connectivity index is 3.11. The standard InChI is InChI=1S/C14H20BrNO8/c1-6(17)16-11-12(22-8(3)19)10(5-21-7(2)18)24-14(15)13(11)23-9(4)20/h10-14H,5H2,1-4H3,(H,16,17)/t10-,11-,12-,13-,14+/m1/s1. The van der Waals surface area contributed by atoms with Crippen LogP contribution in [0.3, 0.4) is 0 Å². The van der Waals surface area contributed by atoms with Crippen molar-refractivity contribution in [3.63, 3.8) is 0 Å². The van der Waals surface area contributed by atoms with Crippen molar-refractivity contribution < 1.29 is 38.1 Å². The molecule has 9 nitrogen and oxygen atoms in total. The van der Waals surface area contributed by atoms with Gasteiger partial charge < -0.3 is 24.3 Å². The number of rotatable bonds is 5. The molecule has 1 aliphatic rings. The van der Waals surface area contributed by atoms with E-state index in [1.807, 2.05) is 0 Å². The van der Waals surface area contributed by atoms with Crippen LogP contribution >= 0.6 is 15.9 Å². The number of alkyl halides is 1. The Bertz CT molecular complexity index is 511. The summed E-state index contributed by atoms with van der Waals surface area (Å²) in [4.78, 5) is 45.3. The lowest BCUT2D eigenvalue weighted by molar-refractivity contribution is -0.204. The minimum absolute atomic E-state index is 0.196. The van der Waals surface area contributed by atoms with Gasteiger partial charge in [-0.15, -0.1) is 0 Å². The quantitative estimate of drug-likeness (QED) is 0.384. The number of nitrogens with one attached hydrogen (secondary N) is 1. The third kappa shape index (κ3) is 6.08. The van der Waals surface area contributed by atoms with E-state index in [1.54, 1.807) is 0 Å². The predicted molar refractivity (Wildman–Crippen MR) is 82.9 cm³/mol. The van der Waals surface area contributed by atoms with Crippen molar-refractivity contribution in [1.82, 2.24) is 5.32 Å². The van der Waals surface area contributed by atoms with Gasteiger partial charge in [0, 0.05) is 27.7 Å². The molecule has 24 heavy (non-hydrogen) atoms. The maximum absolute atomic E-state index is 11.5. The van der Waals surface area contributed by atoms with E-state index in [9.17, 15) is 19.2 Å². The highest BCUT2D eigenvalue weighted by Gasteiger charge is 2.49. The molecule has 136 valence electrons. The molecular formula is C14H20BrNO8. The summed E-state index contributed by atoms with van der Waals surface area (Å²) < 4.78 is 20.9. The average molecular weight is 410 g/mol. The largest absolute Gasteiger partial charge is 0.463 e. The first-order valence-corrected chi connectivity index (χ1v) is 8.07. The molecule has 5 atom stereocenters. The predicted octanol–water partition coefficient (Wildman–Crippen LogP) is 0.0374. The molecule has 1 amide bonds. The second-order valence-electron chi connectivity index (χ2n) is 5.20. The summed E-state index contributed by atoms with van der Waals surface area (Å²) in [7, 11) is 0. The van der Waals surface area contributed by atoms with Crippen molar-refractivity contribution in [1.29, 1.82) is 0 Å². The van der Waals surface area contributed by atoms with E-state index in [2.05, 4.69) is 21.2 Å². The molecule has 1 N–H and O–H groups in total. The van der Waals surface area contributed by atoms with Gasteiger partial charge in [0.05, 0.1) is 0 Å². The molecule has 1 saturated heterocycles. The van der Waals surface area contributed by atoms with E-state index in [-0.39, 0.29) is 6.61 Å². The number of carbonyl (C=O) groups is 4. The molecule has 0 unspecified atom stereocenters. The van der Waals surface area contributed by atoms with Crippen molar-refractivity contribution >= 4 is 39.7 Å². The molecule has 10 heteroatoms. The van der Waals surface area contributed by atoms with Gasteiger partial charge in [-0.25, -0.2) is 0 Å². The number of esters is 3. The molecule has 1 aliphatic heterocycles. The Kier molecular flexibility index (Phi) is 7.61. The van der Waals surface area contributed by atoms with Gasteiger partial charge in [0.25, 0.3) is 0 Å². The fraction of sp³-hybridized carbons (Fsp3) is 0.714. The molecule has 0 spiro atoms. The summed E-state index contributed by atoms with van der Waals surface area (Å²) in [6.45, 7) is 4.70. The SMILES string of the molecule is CC(=O)N[C@H]1[C@@H](OC(C)=O)[C@@H](Br)O[C@H](COC(C)=O)[C@H]1OC(C)=O. The molecule has 1 rings (SSSR count). The first kappa shape index (κ1) is 20.4. The van der Waals surface area contributed by atoms with Crippen molar-refractivity contribution in [2.24, 2.45) is 0 Å². The van der Waals surface area contributed by atoms with Crippen LogP contribution in [0.4, 0.5) is 0 Å². The topological polar surface area (TPSA) is 117 Å². The number of carbonyl (C=O) groups excluding carboxylic acids is 4. The maximum atomic E-state index is 11.5. The van der Waals surface area contributed by atoms with E-state index in [0.717, 1.165) is 0 Å². The molecule has 0 aliphatic carbocycles. The van der Waals surface area contributed by atoms with Crippen LogP contribution in [0.5, 0.6) is 0 Å². The molecule has 0 aromatic heterocycles. The minimum Gasteiger partial charge on any atom is -0.463 e. The lowest BCUT2D eigenvalue weighted by atomic mass is 9.96. The first-order valence-electron chi connectivity index (χ1n) is 7.16. The molecule has 0 aromatic rings. The molecule has 1 fully saturated rings. The Morgan fingerprint density at radius 1 is 0.958 bits per heavy atom. The third-order valence-electron chi connectivity index (χ3n) is 3.06. The second-order valence-corrected chi connectivity index (χ2v) is 6.11. The number of ether oxygens (including phenoxy) is 4. The molecule has 0 aromatic carbocycles. The number of halogens is 1. The van der Waals surface area contributed by atoms with E-state index >= 15 is 0 Å². The van der Waals surface area contributed by atoms with Gasteiger partial charge in [0.1, 0.15) is 18.8 Å². The van der Waals surface area contributed by atoms with E-state index in [0.29, 0.717) is 0 Å². The summed E-state index contributed by atoms with van der Waals surface area (Å²) in [6.07, 6.45) is -2.81. The summed E-state index contributed by atoms with van der Waals surface area (Å²) in [5.41, 5.74) is 0. The molecule has 1 heterocycles. The maximum Gasteiger partial charge on any atom is 0.303 e. The average Bonchev–Trinajstić information content (AvgIpc) is 2.42. The highest BCUT2D eigenvalue weighted by molar-refractivity contribution is 9.09. The van der Waals surface area contributed by atoms with Crippen LogP contribution < -0.4 is 5.32 Å². The molecule has 0 saturated carbocycles. The zero-order valence-corrected chi connectivity index (χ0v) is 15.3. The highest BCUT2D eigenvalue weighted by Crippen LogP contribution is 2.29. The molecule has 0 bridgehead atoms. The van der Waals surface area contributed by atoms with Crippen molar-refractivity contribution in [2.75, 3.05) is 6.61 Å². The van der Waals surface area contributed by atoms with Crippen LogP contribution in [0.1, 0.15) is 27.7 Å². The number of hydrogen-bond donors (Lipinski definition) is 1. The number of hydrogen-bond acceptors (Lipinski definition) is 8. The Hall–Kier alpha value is -1.68. The molecular weight excluding hydrogens is 390 g/mol. The monoisotopic (exact) mass is 409 g/mol.